The maximum Gasteiger partial charge on any atom is -0.0187 e. The molecule has 0 heteroatoms. The second-order valence-corrected chi connectivity index (χ2v) is 6.54. The molecule has 0 amide bonds. The van der Waals surface area contributed by atoms with Crippen LogP contribution in [0.2, 0.25) is 0 Å². The Balaban J connectivity index is 2.31. The summed E-state index contributed by atoms with van der Waals surface area (Å²) < 4.78 is 0. The standard InChI is InChI=1S/C15H27/c1-6-12(7-2)15-10-13(14(15,4)5)9-8-11(15)3/h11-13H,1,6-10H2,2-5H3. The second kappa shape index (κ2) is 3.50. The third-order valence-electron chi connectivity index (χ3n) is 6.20. The van der Waals surface area contributed by atoms with E-state index in [1.807, 2.05) is 0 Å². The first-order chi connectivity index (χ1) is 7.00. The maximum atomic E-state index is 4.20. The molecule has 0 spiro atoms. The van der Waals surface area contributed by atoms with Gasteiger partial charge in [0.1, 0.15) is 0 Å². The first-order valence-electron chi connectivity index (χ1n) is 6.80. The molecule has 0 nitrogen and oxygen atoms in total. The van der Waals surface area contributed by atoms with Crippen molar-refractivity contribution in [3.05, 3.63) is 6.92 Å². The first kappa shape index (κ1) is 11.5. The van der Waals surface area contributed by atoms with Gasteiger partial charge in [-0.05, 0) is 54.3 Å². The zero-order valence-corrected chi connectivity index (χ0v) is 11.0. The van der Waals surface area contributed by atoms with Crippen LogP contribution in [0.5, 0.6) is 0 Å². The highest BCUT2D eigenvalue weighted by Gasteiger charge is 2.66. The fraction of sp³-hybridized carbons (Fsp3) is 0.933. The summed E-state index contributed by atoms with van der Waals surface area (Å²) in [5, 5.41) is 0. The van der Waals surface area contributed by atoms with Crippen molar-refractivity contribution in [3.8, 4) is 0 Å². The van der Waals surface area contributed by atoms with Crippen molar-refractivity contribution in [1.82, 2.24) is 0 Å². The minimum absolute atomic E-state index is 0.586. The van der Waals surface area contributed by atoms with Gasteiger partial charge in [-0.15, -0.1) is 0 Å². The quantitative estimate of drug-likeness (QED) is 0.629. The minimum Gasteiger partial charge on any atom is -0.0651 e. The van der Waals surface area contributed by atoms with Crippen LogP contribution < -0.4 is 0 Å². The van der Waals surface area contributed by atoms with E-state index in [2.05, 4.69) is 34.6 Å². The fourth-order valence-electron chi connectivity index (χ4n) is 5.10. The highest BCUT2D eigenvalue weighted by molar-refractivity contribution is 5.14. The molecule has 0 heterocycles. The average molecular weight is 207 g/mol. The van der Waals surface area contributed by atoms with Gasteiger partial charge >= 0.3 is 0 Å². The van der Waals surface area contributed by atoms with E-state index in [9.17, 15) is 0 Å². The Morgan fingerprint density at radius 1 is 1.33 bits per heavy atom. The van der Waals surface area contributed by atoms with Crippen LogP contribution in [0.1, 0.15) is 59.8 Å². The number of fused-ring (bicyclic) bond motifs is 2. The summed E-state index contributed by atoms with van der Waals surface area (Å²) in [6.07, 6.45) is 6.89. The van der Waals surface area contributed by atoms with Crippen molar-refractivity contribution >= 4 is 0 Å². The molecule has 3 aliphatic rings. The van der Waals surface area contributed by atoms with E-state index in [1.54, 1.807) is 0 Å². The number of hydrogen-bond acceptors (Lipinski definition) is 0. The molecule has 0 N–H and O–H groups in total. The van der Waals surface area contributed by atoms with Gasteiger partial charge in [-0.2, -0.15) is 0 Å². The molecule has 1 radical (unpaired) electrons. The SMILES string of the molecule is [CH2]CC(CC)C12CC(CCC1C)C2(C)C. The number of hydrogen-bond donors (Lipinski definition) is 0. The van der Waals surface area contributed by atoms with Gasteiger partial charge in [0.05, 0.1) is 0 Å². The zero-order chi connectivity index (χ0) is 11.3. The lowest BCUT2D eigenvalue weighted by atomic mass is 9.33. The van der Waals surface area contributed by atoms with E-state index in [-0.39, 0.29) is 0 Å². The van der Waals surface area contributed by atoms with E-state index in [0.717, 1.165) is 24.2 Å². The Kier molecular flexibility index (Phi) is 2.68. The highest BCUT2D eigenvalue weighted by Crippen LogP contribution is 2.73. The number of rotatable bonds is 3. The van der Waals surface area contributed by atoms with Crippen molar-refractivity contribution in [3.63, 3.8) is 0 Å². The van der Waals surface area contributed by atoms with Gasteiger partial charge < -0.3 is 0 Å². The van der Waals surface area contributed by atoms with E-state index in [0.29, 0.717) is 10.8 Å². The molecule has 3 saturated carbocycles. The molecule has 0 aromatic heterocycles. The molecule has 0 aliphatic heterocycles. The smallest absolute Gasteiger partial charge is 0.0187 e. The molecule has 3 aliphatic carbocycles. The monoisotopic (exact) mass is 207 g/mol. The molecule has 2 bridgehead atoms. The molecule has 15 heavy (non-hydrogen) atoms. The van der Waals surface area contributed by atoms with Crippen LogP contribution in [0.3, 0.4) is 0 Å². The van der Waals surface area contributed by atoms with Gasteiger partial charge in [0, 0.05) is 0 Å². The zero-order valence-electron chi connectivity index (χ0n) is 11.0. The largest absolute Gasteiger partial charge is 0.0651 e. The van der Waals surface area contributed by atoms with Gasteiger partial charge in [0.15, 0.2) is 0 Å². The third kappa shape index (κ3) is 1.20. The Morgan fingerprint density at radius 2 is 2.00 bits per heavy atom. The van der Waals surface area contributed by atoms with Crippen molar-refractivity contribution in [2.45, 2.75) is 59.8 Å². The molecule has 4 unspecified atom stereocenters. The average Bonchev–Trinajstić information content (AvgIpc) is 2.21. The molecule has 4 atom stereocenters. The van der Waals surface area contributed by atoms with Crippen LogP contribution in [-0.4, -0.2) is 0 Å². The van der Waals surface area contributed by atoms with Crippen molar-refractivity contribution in [2.75, 3.05) is 0 Å². The van der Waals surface area contributed by atoms with Crippen LogP contribution in [0.15, 0.2) is 0 Å². The van der Waals surface area contributed by atoms with E-state index in [1.165, 1.54) is 25.7 Å². The lowest BCUT2D eigenvalue weighted by molar-refractivity contribution is -0.227. The summed E-state index contributed by atoms with van der Waals surface area (Å²) in [5.41, 5.74) is 1.22. The second-order valence-electron chi connectivity index (χ2n) is 6.54. The molecule has 3 rings (SSSR count). The van der Waals surface area contributed by atoms with Gasteiger partial charge in [0.2, 0.25) is 0 Å². The molecular weight excluding hydrogens is 180 g/mol. The van der Waals surface area contributed by atoms with Gasteiger partial charge in [-0.3, -0.25) is 0 Å². The lowest BCUT2D eigenvalue weighted by Crippen LogP contribution is -2.64. The summed E-state index contributed by atoms with van der Waals surface area (Å²) >= 11 is 0. The van der Waals surface area contributed by atoms with E-state index in [4.69, 9.17) is 0 Å². The summed E-state index contributed by atoms with van der Waals surface area (Å²) in [4.78, 5) is 0. The van der Waals surface area contributed by atoms with Crippen LogP contribution in [-0.2, 0) is 0 Å². The van der Waals surface area contributed by atoms with Gasteiger partial charge in [-0.1, -0.05) is 41.0 Å². The van der Waals surface area contributed by atoms with Crippen molar-refractivity contribution in [2.24, 2.45) is 28.6 Å². The summed E-state index contributed by atoms with van der Waals surface area (Å²) in [7, 11) is 0. The highest BCUT2D eigenvalue weighted by atomic mass is 14.7. The first-order valence-corrected chi connectivity index (χ1v) is 6.80. The van der Waals surface area contributed by atoms with Crippen LogP contribution in [0.4, 0.5) is 0 Å². The molecule has 0 aromatic rings. The Morgan fingerprint density at radius 3 is 2.40 bits per heavy atom. The predicted octanol–water partition coefficient (Wildman–Crippen LogP) is 4.70. The Labute approximate surface area is 95.8 Å². The van der Waals surface area contributed by atoms with E-state index >= 15 is 0 Å². The third-order valence-corrected chi connectivity index (χ3v) is 6.20. The molecule has 3 fully saturated rings. The van der Waals surface area contributed by atoms with E-state index < -0.39 is 0 Å². The summed E-state index contributed by atoms with van der Waals surface area (Å²) in [5.74, 6) is 2.79. The molecule has 0 saturated heterocycles. The maximum absolute atomic E-state index is 4.20. The van der Waals surface area contributed by atoms with Gasteiger partial charge in [0.25, 0.3) is 0 Å². The fourth-order valence-corrected chi connectivity index (χ4v) is 5.10. The summed E-state index contributed by atoms with van der Waals surface area (Å²) in [6.45, 7) is 14.1. The Hall–Kier alpha value is 0. The summed E-state index contributed by atoms with van der Waals surface area (Å²) in [6, 6.07) is 0. The van der Waals surface area contributed by atoms with Crippen LogP contribution in [0.25, 0.3) is 0 Å². The van der Waals surface area contributed by atoms with Crippen LogP contribution >= 0.6 is 0 Å². The Bertz CT molecular complexity index is 236. The molecule has 87 valence electrons. The van der Waals surface area contributed by atoms with Crippen LogP contribution in [0, 0.1) is 35.5 Å². The van der Waals surface area contributed by atoms with Gasteiger partial charge in [-0.25, -0.2) is 0 Å². The topological polar surface area (TPSA) is 0 Å². The normalized spacial score (nSPS) is 42.8. The molecular formula is C15H27. The molecule has 0 aromatic carbocycles. The lowest BCUT2D eigenvalue weighted by Gasteiger charge is -2.71. The van der Waals surface area contributed by atoms with Crippen molar-refractivity contribution in [1.29, 1.82) is 0 Å². The predicted molar refractivity (Wildman–Crippen MR) is 66.5 cm³/mol. The van der Waals surface area contributed by atoms with Crippen molar-refractivity contribution < 1.29 is 0 Å². The minimum atomic E-state index is 0.586.